The van der Waals surface area contributed by atoms with Crippen molar-refractivity contribution in [2.75, 3.05) is 0 Å². The molecular formula is C14H21N3O. The van der Waals surface area contributed by atoms with Crippen molar-refractivity contribution >= 4 is 6.21 Å². The average Bonchev–Trinajstić information content (AvgIpc) is 2.91. The Balaban J connectivity index is 1.58. The molecule has 2 aliphatic heterocycles. The van der Waals surface area contributed by atoms with E-state index in [1.807, 2.05) is 6.21 Å². The highest BCUT2D eigenvalue weighted by Gasteiger charge is 2.28. The maximum atomic E-state index is 5.94. The molecule has 0 saturated carbocycles. The number of ether oxygens (including phenoxy) is 1. The number of hydrogen-bond donors (Lipinski definition) is 0. The summed E-state index contributed by atoms with van der Waals surface area (Å²) in [4.78, 5) is 8.82. The van der Waals surface area contributed by atoms with Gasteiger partial charge in [-0.1, -0.05) is 26.2 Å². The van der Waals surface area contributed by atoms with Gasteiger partial charge in [-0.2, -0.15) is 4.98 Å². The molecule has 1 unspecified atom stereocenters. The predicted octanol–water partition coefficient (Wildman–Crippen LogP) is 2.74. The standard InChI is InChI=1S/C14H21N3O/c1-2-3-4-5-6-11-10-17-13-7-8-15-9-12(13)16-14(17)18-11/h8,11H,2-7,9-10H2,1H3. The molecular weight excluding hydrogens is 226 g/mol. The fraction of sp³-hybridized carbons (Fsp3) is 0.714. The molecule has 3 heterocycles. The fourth-order valence-electron chi connectivity index (χ4n) is 2.79. The number of aliphatic imine (C=N–C) groups is 1. The molecule has 0 aromatic carbocycles. The van der Waals surface area contributed by atoms with Gasteiger partial charge < -0.3 is 4.74 Å². The molecule has 0 fully saturated rings. The third-order valence-electron chi connectivity index (χ3n) is 3.81. The summed E-state index contributed by atoms with van der Waals surface area (Å²) in [6.07, 6.45) is 9.62. The van der Waals surface area contributed by atoms with Crippen LogP contribution in [0.4, 0.5) is 0 Å². The van der Waals surface area contributed by atoms with E-state index in [0.717, 1.165) is 37.6 Å². The SMILES string of the molecule is CCCCCCC1Cn2c(nc3c2CC=NC3)O1. The largest absolute Gasteiger partial charge is 0.459 e. The molecule has 0 N–H and O–H groups in total. The predicted molar refractivity (Wildman–Crippen MR) is 71.3 cm³/mol. The second-order valence-electron chi connectivity index (χ2n) is 5.21. The summed E-state index contributed by atoms with van der Waals surface area (Å²) in [5.74, 6) is 0. The van der Waals surface area contributed by atoms with Gasteiger partial charge in [-0.3, -0.25) is 9.56 Å². The smallest absolute Gasteiger partial charge is 0.297 e. The van der Waals surface area contributed by atoms with Crippen molar-refractivity contribution in [3.05, 3.63) is 11.4 Å². The monoisotopic (exact) mass is 247 g/mol. The highest BCUT2D eigenvalue weighted by atomic mass is 16.5. The van der Waals surface area contributed by atoms with Crippen molar-refractivity contribution < 1.29 is 4.74 Å². The lowest BCUT2D eigenvalue weighted by Gasteiger charge is -2.11. The van der Waals surface area contributed by atoms with E-state index < -0.39 is 0 Å². The Morgan fingerprint density at radius 3 is 3.22 bits per heavy atom. The minimum absolute atomic E-state index is 0.341. The molecule has 1 aromatic heterocycles. The van der Waals surface area contributed by atoms with Gasteiger partial charge in [0.25, 0.3) is 6.01 Å². The number of rotatable bonds is 5. The second kappa shape index (κ2) is 5.12. The molecule has 18 heavy (non-hydrogen) atoms. The van der Waals surface area contributed by atoms with E-state index in [1.165, 1.54) is 31.4 Å². The van der Waals surface area contributed by atoms with Crippen LogP contribution in [0, 0.1) is 0 Å². The number of imidazole rings is 1. The zero-order chi connectivity index (χ0) is 12.4. The number of nitrogens with zero attached hydrogens (tertiary/aromatic N) is 3. The highest BCUT2D eigenvalue weighted by molar-refractivity contribution is 5.63. The number of unbranched alkanes of at least 4 members (excludes halogenated alkanes) is 3. The van der Waals surface area contributed by atoms with E-state index >= 15 is 0 Å². The average molecular weight is 247 g/mol. The van der Waals surface area contributed by atoms with Crippen molar-refractivity contribution in [2.45, 2.75) is 64.6 Å². The summed E-state index contributed by atoms with van der Waals surface area (Å²) in [5.41, 5.74) is 2.42. The maximum Gasteiger partial charge on any atom is 0.297 e. The van der Waals surface area contributed by atoms with Crippen LogP contribution in [0.25, 0.3) is 0 Å². The second-order valence-corrected chi connectivity index (χ2v) is 5.21. The van der Waals surface area contributed by atoms with Crippen LogP contribution < -0.4 is 4.74 Å². The van der Waals surface area contributed by atoms with Crippen molar-refractivity contribution in [3.8, 4) is 6.01 Å². The third-order valence-corrected chi connectivity index (χ3v) is 3.81. The van der Waals surface area contributed by atoms with Gasteiger partial charge in [-0.15, -0.1) is 0 Å². The summed E-state index contributed by atoms with van der Waals surface area (Å²) in [7, 11) is 0. The first kappa shape index (κ1) is 11.8. The van der Waals surface area contributed by atoms with Crippen LogP contribution in [0.15, 0.2) is 4.99 Å². The normalized spacial score (nSPS) is 20.6. The lowest BCUT2D eigenvalue weighted by molar-refractivity contribution is 0.208. The van der Waals surface area contributed by atoms with Gasteiger partial charge in [0, 0.05) is 12.6 Å². The van der Waals surface area contributed by atoms with E-state index in [9.17, 15) is 0 Å². The summed E-state index contributed by atoms with van der Waals surface area (Å²) < 4.78 is 8.19. The minimum Gasteiger partial charge on any atom is -0.459 e. The van der Waals surface area contributed by atoms with Crippen LogP contribution in [-0.4, -0.2) is 21.9 Å². The molecule has 4 nitrogen and oxygen atoms in total. The van der Waals surface area contributed by atoms with Gasteiger partial charge in [0.05, 0.1) is 24.5 Å². The van der Waals surface area contributed by atoms with Crippen molar-refractivity contribution in [2.24, 2.45) is 4.99 Å². The van der Waals surface area contributed by atoms with Crippen molar-refractivity contribution in [3.63, 3.8) is 0 Å². The Morgan fingerprint density at radius 1 is 1.39 bits per heavy atom. The van der Waals surface area contributed by atoms with E-state index in [4.69, 9.17) is 4.74 Å². The van der Waals surface area contributed by atoms with Crippen molar-refractivity contribution in [1.82, 2.24) is 9.55 Å². The Kier molecular flexibility index (Phi) is 3.35. The van der Waals surface area contributed by atoms with Gasteiger partial charge >= 0.3 is 0 Å². The summed E-state index contributed by atoms with van der Waals surface area (Å²) in [5, 5.41) is 0. The number of aromatic nitrogens is 2. The number of fused-ring (bicyclic) bond motifs is 3. The topological polar surface area (TPSA) is 39.4 Å². The first-order chi connectivity index (χ1) is 8.88. The molecule has 0 radical (unpaired) electrons. The van der Waals surface area contributed by atoms with Gasteiger partial charge in [0.15, 0.2) is 0 Å². The molecule has 1 atom stereocenters. The Bertz CT molecular complexity index is 450. The molecule has 0 amide bonds. The molecule has 0 saturated heterocycles. The minimum atomic E-state index is 0.341. The highest BCUT2D eigenvalue weighted by Crippen LogP contribution is 2.29. The van der Waals surface area contributed by atoms with Gasteiger partial charge in [-0.05, 0) is 12.8 Å². The number of hydrogen-bond acceptors (Lipinski definition) is 3. The lowest BCUT2D eigenvalue weighted by atomic mass is 10.1. The first-order valence-electron chi connectivity index (χ1n) is 7.11. The van der Waals surface area contributed by atoms with Crippen LogP contribution in [0.3, 0.4) is 0 Å². The van der Waals surface area contributed by atoms with E-state index in [0.29, 0.717) is 6.10 Å². The summed E-state index contributed by atoms with van der Waals surface area (Å²) in [6.45, 7) is 3.95. The van der Waals surface area contributed by atoms with E-state index in [-0.39, 0.29) is 0 Å². The zero-order valence-electron chi connectivity index (χ0n) is 11.1. The van der Waals surface area contributed by atoms with Crippen LogP contribution in [0.2, 0.25) is 0 Å². The van der Waals surface area contributed by atoms with Crippen LogP contribution in [0.1, 0.15) is 50.4 Å². The summed E-state index contributed by atoms with van der Waals surface area (Å²) in [6, 6.07) is 0.825. The quantitative estimate of drug-likeness (QED) is 0.750. The van der Waals surface area contributed by atoms with Crippen LogP contribution >= 0.6 is 0 Å². The fourth-order valence-corrected chi connectivity index (χ4v) is 2.79. The molecule has 0 aliphatic carbocycles. The van der Waals surface area contributed by atoms with Crippen molar-refractivity contribution in [1.29, 1.82) is 0 Å². The molecule has 1 aromatic rings. The van der Waals surface area contributed by atoms with Gasteiger partial charge in [0.2, 0.25) is 0 Å². The molecule has 3 rings (SSSR count). The van der Waals surface area contributed by atoms with Crippen LogP contribution in [-0.2, 0) is 19.5 Å². The molecule has 2 aliphatic rings. The Hall–Kier alpha value is -1.32. The Labute approximate surface area is 108 Å². The molecule has 4 heteroatoms. The van der Waals surface area contributed by atoms with Gasteiger partial charge in [0.1, 0.15) is 6.10 Å². The Morgan fingerprint density at radius 2 is 2.33 bits per heavy atom. The molecule has 0 spiro atoms. The van der Waals surface area contributed by atoms with Crippen LogP contribution in [0.5, 0.6) is 6.01 Å². The van der Waals surface area contributed by atoms with E-state index in [1.54, 1.807) is 0 Å². The summed E-state index contributed by atoms with van der Waals surface area (Å²) >= 11 is 0. The lowest BCUT2D eigenvalue weighted by Crippen LogP contribution is -2.16. The zero-order valence-corrected chi connectivity index (χ0v) is 11.1. The molecule has 0 bridgehead atoms. The molecule has 98 valence electrons. The maximum absolute atomic E-state index is 5.94. The van der Waals surface area contributed by atoms with E-state index in [2.05, 4.69) is 21.5 Å². The van der Waals surface area contributed by atoms with Gasteiger partial charge in [-0.25, -0.2) is 0 Å². The first-order valence-corrected chi connectivity index (χ1v) is 7.11. The third kappa shape index (κ3) is 2.16.